The van der Waals surface area contributed by atoms with Gasteiger partial charge in [0.1, 0.15) is 12.4 Å². The molecule has 9 heteroatoms. The maximum atomic E-state index is 6.87. The zero-order valence-corrected chi connectivity index (χ0v) is 20.6. The number of piperidine rings is 1. The number of nitrogens with two attached hydrogens (primary N) is 1. The van der Waals surface area contributed by atoms with Crippen molar-refractivity contribution < 1.29 is 14.2 Å². The van der Waals surface area contributed by atoms with E-state index < -0.39 is 5.54 Å². The van der Waals surface area contributed by atoms with Gasteiger partial charge in [0.2, 0.25) is 0 Å². The summed E-state index contributed by atoms with van der Waals surface area (Å²) in [4.78, 5) is 7.20. The molecule has 174 valence electrons. The van der Waals surface area contributed by atoms with Gasteiger partial charge in [-0.05, 0) is 49.9 Å². The van der Waals surface area contributed by atoms with E-state index in [1.165, 1.54) is 4.70 Å². The minimum absolute atomic E-state index is 0. The molecule has 0 saturated carbocycles. The predicted octanol–water partition coefficient (Wildman–Crippen LogP) is 4.92. The quantitative estimate of drug-likeness (QED) is 0.551. The van der Waals surface area contributed by atoms with E-state index in [9.17, 15) is 0 Å². The molecule has 3 heterocycles. The van der Waals surface area contributed by atoms with Gasteiger partial charge in [0.05, 0.1) is 22.9 Å². The van der Waals surface area contributed by atoms with E-state index in [0.29, 0.717) is 18.3 Å². The number of anilines is 1. The summed E-state index contributed by atoms with van der Waals surface area (Å²) in [6.07, 6.45) is 1.82. The predicted molar refractivity (Wildman–Crippen MR) is 135 cm³/mol. The molecule has 0 spiro atoms. The van der Waals surface area contributed by atoms with E-state index in [-0.39, 0.29) is 30.9 Å². The molecule has 2 atom stereocenters. The minimum atomic E-state index is -0.486. The highest BCUT2D eigenvalue weighted by Crippen LogP contribution is 2.40. The van der Waals surface area contributed by atoms with Crippen molar-refractivity contribution in [3.05, 3.63) is 42.5 Å². The number of rotatable bonds is 4. The number of hydrogen-bond acceptors (Lipinski definition) is 7. The molecule has 2 unspecified atom stereocenters. The Kier molecular flexibility index (Phi) is 7.65. The Morgan fingerprint density at radius 1 is 1.12 bits per heavy atom. The Morgan fingerprint density at radius 3 is 2.59 bits per heavy atom. The molecule has 6 nitrogen and oxygen atoms in total. The molecule has 5 rings (SSSR count). The van der Waals surface area contributed by atoms with Crippen LogP contribution in [0.4, 0.5) is 5.13 Å². The minimum Gasteiger partial charge on any atom is -0.497 e. The molecule has 2 aliphatic rings. The number of nitrogens with zero attached hydrogens (tertiary/aromatic N) is 2. The Morgan fingerprint density at radius 2 is 1.88 bits per heavy atom. The first-order valence-electron chi connectivity index (χ1n) is 10.4. The number of ether oxygens (including phenoxy) is 3. The molecule has 3 aromatic rings. The van der Waals surface area contributed by atoms with Gasteiger partial charge in [0, 0.05) is 19.2 Å². The second-order valence-electron chi connectivity index (χ2n) is 8.32. The summed E-state index contributed by atoms with van der Waals surface area (Å²) in [5.41, 5.74) is 7.46. The molecule has 1 aromatic heterocycles. The molecule has 0 bridgehead atoms. The maximum absolute atomic E-state index is 6.87. The first-order valence-corrected chi connectivity index (χ1v) is 11.2. The highest BCUT2D eigenvalue weighted by Gasteiger charge is 2.43. The van der Waals surface area contributed by atoms with E-state index >= 15 is 0 Å². The van der Waals surface area contributed by atoms with Gasteiger partial charge in [-0.1, -0.05) is 23.5 Å². The van der Waals surface area contributed by atoms with Crippen LogP contribution in [-0.4, -0.2) is 43.4 Å². The highest BCUT2D eigenvalue weighted by atomic mass is 35.5. The number of aromatic nitrogens is 1. The Bertz CT molecular complexity index is 1020. The van der Waals surface area contributed by atoms with E-state index in [4.69, 9.17) is 24.9 Å². The van der Waals surface area contributed by atoms with Gasteiger partial charge >= 0.3 is 0 Å². The van der Waals surface area contributed by atoms with Crippen molar-refractivity contribution in [1.82, 2.24) is 4.98 Å². The molecular formula is C23H29Cl2N3O3S. The summed E-state index contributed by atoms with van der Waals surface area (Å²) in [5.74, 6) is 2.55. The summed E-state index contributed by atoms with van der Waals surface area (Å²) < 4.78 is 18.8. The zero-order chi connectivity index (χ0) is 20.7. The lowest BCUT2D eigenvalue weighted by molar-refractivity contribution is 0.00917. The molecule has 32 heavy (non-hydrogen) atoms. The van der Waals surface area contributed by atoms with Gasteiger partial charge in [0.15, 0.2) is 22.7 Å². The average Bonchev–Trinajstić information content (AvgIpc) is 3.22. The molecule has 2 aromatic carbocycles. The van der Waals surface area contributed by atoms with Gasteiger partial charge < -0.3 is 24.8 Å². The van der Waals surface area contributed by atoms with Crippen LogP contribution >= 0.6 is 36.2 Å². The third kappa shape index (κ3) is 4.57. The molecular weight excluding hydrogens is 469 g/mol. The normalized spacial score (nSPS) is 20.1. The monoisotopic (exact) mass is 497 g/mol. The third-order valence-electron chi connectivity index (χ3n) is 6.43. The van der Waals surface area contributed by atoms with Gasteiger partial charge in [-0.25, -0.2) is 4.98 Å². The molecule has 2 aliphatic heterocycles. The highest BCUT2D eigenvalue weighted by molar-refractivity contribution is 7.22. The van der Waals surface area contributed by atoms with Gasteiger partial charge in [-0.3, -0.25) is 0 Å². The zero-order valence-electron chi connectivity index (χ0n) is 18.2. The SMILES string of the molecule is COc1ccc2c(c1)OC(C(C)(N)C1CCN(c3nc4ccccc4s3)CC1)CO2.Cl.Cl. The third-order valence-corrected chi connectivity index (χ3v) is 7.53. The van der Waals surface area contributed by atoms with Crippen molar-refractivity contribution in [3.63, 3.8) is 0 Å². The number of methoxy groups -OCH3 is 1. The molecule has 0 radical (unpaired) electrons. The fourth-order valence-electron chi connectivity index (χ4n) is 4.44. The van der Waals surface area contributed by atoms with Crippen LogP contribution in [0.15, 0.2) is 42.5 Å². The van der Waals surface area contributed by atoms with E-state index in [0.717, 1.165) is 48.1 Å². The smallest absolute Gasteiger partial charge is 0.186 e. The fraction of sp³-hybridized carbons (Fsp3) is 0.435. The molecule has 2 N–H and O–H groups in total. The summed E-state index contributed by atoms with van der Waals surface area (Å²) in [7, 11) is 1.65. The van der Waals surface area contributed by atoms with Crippen LogP contribution in [0.1, 0.15) is 19.8 Å². The van der Waals surface area contributed by atoms with Crippen LogP contribution in [0.3, 0.4) is 0 Å². The van der Waals surface area contributed by atoms with Crippen molar-refractivity contribution >= 4 is 51.5 Å². The Balaban J connectivity index is 0.00000144. The average molecular weight is 498 g/mol. The standard InChI is InChI=1S/C23H27N3O3S.2ClH/c1-23(24,21-14-28-18-8-7-16(27-2)13-19(18)29-21)15-9-11-26(12-10-15)22-25-17-5-3-4-6-20(17)30-22;;/h3-8,13,15,21H,9-12,14,24H2,1-2H3;2*1H. The van der Waals surface area contributed by atoms with Crippen molar-refractivity contribution in [2.75, 3.05) is 31.7 Å². The first kappa shape index (κ1) is 24.7. The lowest BCUT2D eigenvalue weighted by Crippen LogP contribution is -2.61. The Hall–Kier alpha value is -1.93. The maximum Gasteiger partial charge on any atom is 0.186 e. The number of halogens is 2. The van der Waals surface area contributed by atoms with Crippen LogP contribution in [0, 0.1) is 5.92 Å². The van der Waals surface area contributed by atoms with E-state index in [2.05, 4.69) is 30.0 Å². The van der Waals surface area contributed by atoms with E-state index in [1.807, 2.05) is 24.3 Å². The van der Waals surface area contributed by atoms with Crippen molar-refractivity contribution in [1.29, 1.82) is 0 Å². The number of para-hydroxylation sites is 1. The van der Waals surface area contributed by atoms with Crippen LogP contribution in [0.25, 0.3) is 10.2 Å². The van der Waals surface area contributed by atoms with Gasteiger partial charge in [0.25, 0.3) is 0 Å². The topological polar surface area (TPSA) is 69.8 Å². The summed E-state index contributed by atoms with van der Waals surface area (Å²) in [6, 6.07) is 13.9. The van der Waals surface area contributed by atoms with Crippen molar-refractivity contribution in [3.8, 4) is 17.2 Å². The van der Waals surface area contributed by atoms with Crippen molar-refractivity contribution in [2.45, 2.75) is 31.4 Å². The second-order valence-corrected chi connectivity index (χ2v) is 9.33. The first-order chi connectivity index (χ1) is 14.5. The van der Waals surface area contributed by atoms with E-state index in [1.54, 1.807) is 18.4 Å². The van der Waals surface area contributed by atoms with Crippen LogP contribution in [0.2, 0.25) is 0 Å². The summed E-state index contributed by atoms with van der Waals surface area (Å²) in [5, 5.41) is 1.10. The lowest BCUT2D eigenvalue weighted by Gasteiger charge is -2.45. The number of fused-ring (bicyclic) bond motifs is 2. The van der Waals surface area contributed by atoms with Gasteiger partial charge in [-0.15, -0.1) is 24.8 Å². The molecule has 0 amide bonds. The largest absolute Gasteiger partial charge is 0.497 e. The van der Waals surface area contributed by atoms with Crippen LogP contribution in [0.5, 0.6) is 17.2 Å². The lowest BCUT2D eigenvalue weighted by atomic mass is 9.76. The summed E-state index contributed by atoms with van der Waals surface area (Å²) in [6.45, 7) is 4.47. The number of thiazole rings is 1. The second kappa shape index (κ2) is 9.91. The van der Waals surface area contributed by atoms with Crippen LogP contribution in [-0.2, 0) is 0 Å². The molecule has 1 fully saturated rings. The Labute approximate surface area is 204 Å². The molecule has 1 saturated heterocycles. The molecule has 0 aliphatic carbocycles. The number of benzene rings is 2. The van der Waals surface area contributed by atoms with Crippen LogP contribution < -0.4 is 24.8 Å². The van der Waals surface area contributed by atoms with Gasteiger partial charge in [-0.2, -0.15) is 0 Å². The number of hydrogen-bond donors (Lipinski definition) is 1. The summed E-state index contributed by atoms with van der Waals surface area (Å²) >= 11 is 1.76. The fourth-order valence-corrected chi connectivity index (χ4v) is 5.45. The van der Waals surface area contributed by atoms with Crippen molar-refractivity contribution in [2.24, 2.45) is 11.7 Å².